The van der Waals surface area contributed by atoms with Gasteiger partial charge in [-0.3, -0.25) is 15.0 Å². The van der Waals surface area contributed by atoms with Crippen LogP contribution in [0.5, 0.6) is 0 Å². The number of hydrogen-bond donors (Lipinski definition) is 4. The van der Waals surface area contributed by atoms with Gasteiger partial charge in [-0.15, -0.1) is 5.53 Å². The van der Waals surface area contributed by atoms with Crippen molar-refractivity contribution >= 4 is 39.6 Å². The summed E-state index contributed by atoms with van der Waals surface area (Å²) >= 11 is 6.72. The first-order valence-electron chi connectivity index (χ1n) is 13.5. The standard InChI is InChI=1S/C30H37ClF2N8/c1-8-17(2)37-19(4)18(3)25(24-15-41(40-39-24)30(9-10-30)28(32)33)38-21-11-22-26(36-16-29(5,6)7)20(13-34)14-35-27(22)23(31)12-21/h8,11-12,14-15,25,28,38-40H,3,9-10,16H2,1-2,4-7H3,(H,35,36)/b17-8-,37-19-/t25-/m0/s1. The van der Waals surface area contributed by atoms with Crippen molar-refractivity contribution in [1.82, 2.24) is 21.0 Å². The number of hydrazine groups is 2. The van der Waals surface area contributed by atoms with Gasteiger partial charge in [-0.25, -0.2) is 8.78 Å². The fourth-order valence-corrected chi connectivity index (χ4v) is 4.78. The SMILES string of the molecule is C=C(/C(C)=N\C(C)=C/C)[C@H](Nc1cc(Cl)c2ncc(C#N)c(NCC(C)(C)C)c2c1)C1=CN(C2(C(F)F)CC2)NN1. The Balaban J connectivity index is 1.77. The third-order valence-corrected chi connectivity index (χ3v) is 7.56. The predicted octanol–water partition coefficient (Wildman–Crippen LogP) is 6.90. The molecule has 1 aliphatic heterocycles. The second-order valence-corrected chi connectivity index (χ2v) is 12.2. The van der Waals surface area contributed by atoms with Crippen LogP contribution in [0.3, 0.4) is 0 Å². The largest absolute Gasteiger partial charge is 0.383 e. The summed E-state index contributed by atoms with van der Waals surface area (Å²) in [5.74, 6) is 0. The number of rotatable bonds is 10. The van der Waals surface area contributed by atoms with Gasteiger partial charge in [-0.1, -0.05) is 45.0 Å². The first-order valence-corrected chi connectivity index (χ1v) is 13.9. The van der Waals surface area contributed by atoms with Gasteiger partial charge >= 0.3 is 0 Å². The number of halogens is 3. The molecule has 1 fully saturated rings. The number of nitrogens with one attached hydrogen (secondary N) is 4. The number of hydrogen-bond acceptors (Lipinski definition) is 8. The van der Waals surface area contributed by atoms with E-state index in [9.17, 15) is 14.0 Å². The Morgan fingerprint density at radius 1 is 1.34 bits per heavy atom. The molecule has 1 aromatic carbocycles. The highest BCUT2D eigenvalue weighted by atomic mass is 35.5. The van der Waals surface area contributed by atoms with Crippen LogP contribution in [0, 0.1) is 16.7 Å². The Kier molecular flexibility index (Phi) is 8.62. The summed E-state index contributed by atoms with van der Waals surface area (Å²) in [6.45, 7) is 16.9. The zero-order valence-corrected chi connectivity index (χ0v) is 25.0. The molecule has 0 amide bonds. The lowest BCUT2D eigenvalue weighted by atomic mass is 9.96. The highest BCUT2D eigenvalue weighted by Crippen LogP contribution is 2.47. The van der Waals surface area contributed by atoms with Crippen molar-refractivity contribution in [1.29, 1.82) is 5.26 Å². The first-order chi connectivity index (χ1) is 19.3. The molecule has 11 heteroatoms. The van der Waals surface area contributed by atoms with Crippen LogP contribution in [0.25, 0.3) is 10.9 Å². The van der Waals surface area contributed by atoms with Gasteiger partial charge < -0.3 is 16.1 Å². The van der Waals surface area contributed by atoms with Crippen molar-refractivity contribution in [2.24, 2.45) is 10.4 Å². The number of pyridine rings is 1. The van der Waals surface area contributed by atoms with E-state index in [1.807, 2.05) is 32.9 Å². The average molecular weight is 583 g/mol. The number of allylic oxidation sites excluding steroid dienone is 2. The molecule has 0 bridgehead atoms. The third kappa shape index (κ3) is 6.47. The molecule has 0 saturated heterocycles. The van der Waals surface area contributed by atoms with E-state index in [0.717, 1.165) is 5.70 Å². The quantitative estimate of drug-likeness (QED) is 0.226. The van der Waals surface area contributed by atoms with Crippen LogP contribution in [0.2, 0.25) is 5.02 Å². The summed E-state index contributed by atoms with van der Waals surface area (Å²) in [5.41, 5.74) is 9.67. The van der Waals surface area contributed by atoms with Crippen LogP contribution >= 0.6 is 11.6 Å². The zero-order chi connectivity index (χ0) is 30.1. The lowest BCUT2D eigenvalue weighted by molar-refractivity contribution is 0.00912. The minimum atomic E-state index is -2.50. The Bertz CT molecular complexity index is 1480. The van der Waals surface area contributed by atoms with Gasteiger partial charge in [0, 0.05) is 41.4 Å². The van der Waals surface area contributed by atoms with E-state index in [4.69, 9.17) is 11.6 Å². The van der Waals surface area contributed by atoms with Crippen molar-refractivity contribution in [2.75, 3.05) is 17.2 Å². The molecule has 0 spiro atoms. The van der Waals surface area contributed by atoms with Gasteiger partial charge in [0.05, 0.1) is 33.5 Å². The average Bonchev–Trinajstić information content (AvgIpc) is 3.59. The molecule has 1 saturated carbocycles. The summed E-state index contributed by atoms with van der Waals surface area (Å²) in [7, 11) is 0. The highest BCUT2D eigenvalue weighted by Gasteiger charge is 2.56. The van der Waals surface area contributed by atoms with E-state index in [1.165, 1.54) is 11.2 Å². The normalized spacial score (nSPS) is 17.7. The maximum absolute atomic E-state index is 13.9. The Hall–Kier alpha value is -3.68. The molecule has 41 heavy (non-hydrogen) atoms. The molecule has 4 N–H and O–H groups in total. The molecule has 4 rings (SSSR count). The Labute approximate surface area is 245 Å². The predicted molar refractivity (Wildman–Crippen MR) is 163 cm³/mol. The molecule has 218 valence electrons. The van der Waals surface area contributed by atoms with Crippen LogP contribution in [-0.4, -0.2) is 40.3 Å². The van der Waals surface area contributed by atoms with Gasteiger partial charge in [-0.05, 0) is 56.7 Å². The van der Waals surface area contributed by atoms with Gasteiger partial charge in [-0.2, -0.15) is 5.26 Å². The lowest BCUT2D eigenvalue weighted by Gasteiger charge is -2.25. The van der Waals surface area contributed by atoms with Gasteiger partial charge in [0.25, 0.3) is 6.43 Å². The van der Waals surface area contributed by atoms with Crippen molar-refractivity contribution in [3.63, 3.8) is 0 Å². The lowest BCUT2D eigenvalue weighted by Crippen LogP contribution is -2.48. The molecule has 0 radical (unpaired) electrons. The molecule has 1 atom stereocenters. The number of aromatic nitrogens is 1. The molecule has 2 aromatic rings. The smallest absolute Gasteiger partial charge is 0.262 e. The van der Waals surface area contributed by atoms with Gasteiger partial charge in [0.1, 0.15) is 11.6 Å². The van der Waals surface area contributed by atoms with Crippen molar-refractivity contribution in [3.8, 4) is 6.07 Å². The van der Waals surface area contributed by atoms with E-state index in [-0.39, 0.29) is 5.41 Å². The van der Waals surface area contributed by atoms with Gasteiger partial charge in [0.2, 0.25) is 0 Å². The molecule has 0 unspecified atom stereocenters. The van der Waals surface area contributed by atoms with Gasteiger partial charge in [0.15, 0.2) is 0 Å². The highest BCUT2D eigenvalue weighted by molar-refractivity contribution is 6.35. The minimum Gasteiger partial charge on any atom is -0.383 e. The zero-order valence-electron chi connectivity index (χ0n) is 24.3. The van der Waals surface area contributed by atoms with Crippen molar-refractivity contribution < 1.29 is 8.78 Å². The molecule has 2 aliphatic rings. The van der Waals surface area contributed by atoms with E-state index in [0.29, 0.717) is 69.2 Å². The monoisotopic (exact) mass is 582 g/mol. The second-order valence-electron chi connectivity index (χ2n) is 11.8. The molecular weight excluding hydrogens is 546 g/mol. The number of benzene rings is 1. The fourth-order valence-electron chi connectivity index (χ4n) is 4.51. The van der Waals surface area contributed by atoms with E-state index in [1.54, 1.807) is 12.3 Å². The summed E-state index contributed by atoms with van der Waals surface area (Å²) in [4.78, 5) is 9.08. The van der Waals surface area contributed by atoms with Crippen LogP contribution in [0.15, 0.2) is 59.1 Å². The second kappa shape index (κ2) is 11.7. The molecule has 1 aromatic heterocycles. The first kappa shape index (κ1) is 30.3. The van der Waals surface area contributed by atoms with Crippen molar-refractivity contribution in [2.45, 2.75) is 72.4 Å². The van der Waals surface area contributed by atoms with Crippen LogP contribution in [0.1, 0.15) is 59.9 Å². The van der Waals surface area contributed by atoms with E-state index < -0.39 is 18.0 Å². The van der Waals surface area contributed by atoms with Crippen LogP contribution < -0.4 is 21.6 Å². The number of fused-ring (bicyclic) bond motifs is 1. The third-order valence-electron chi connectivity index (χ3n) is 7.27. The number of nitrogens with zero attached hydrogens (tertiary/aromatic N) is 4. The van der Waals surface area contributed by atoms with E-state index >= 15 is 0 Å². The summed E-state index contributed by atoms with van der Waals surface area (Å²) in [6, 6.07) is 5.29. The van der Waals surface area contributed by atoms with Crippen molar-refractivity contribution in [3.05, 3.63) is 64.7 Å². The Morgan fingerprint density at radius 2 is 2.05 bits per heavy atom. The topological polar surface area (TPSA) is 100 Å². The molecule has 8 nitrogen and oxygen atoms in total. The van der Waals surface area contributed by atoms with E-state index in [2.05, 4.69) is 65.0 Å². The molecular formula is C30H37ClF2N8. The minimum absolute atomic E-state index is 0.0383. The maximum atomic E-state index is 13.9. The van der Waals surface area contributed by atoms with Crippen LogP contribution in [0.4, 0.5) is 20.2 Å². The fraction of sp³-hybridized carbons (Fsp3) is 0.433. The Morgan fingerprint density at radius 3 is 2.63 bits per heavy atom. The summed E-state index contributed by atoms with van der Waals surface area (Å²) in [6.07, 6.45) is 3.35. The summed E-state index contributed by atoms with van der Waals surface area (Å²) in [5, 5.41) is 19.2. The molecule has 1 aliphatic carbocycles. The number of aliphatic imine (C=N–C) groups is 1. The number of alkyl halides is 2. The molecule has 2 heterocycles. The number of anilines is 2. The maximum Gasteiger partial charge on any atom is 0.262 e. The van der Waals surface area contributed by atoms with Crippen LogP contribution in [-0.2, 0) is 0 Å². The summed E-state index contributed by atoms with van der Waals surface area (Å²) < 4.78 is 27.7. The number of nitriles is 1.